The topological polar surface area (TPSA) is 73.5 Å². The number of hydrogen-bond donors (Lipinski definition) is 3. The Bertz CT molecular complexity index is 907. The Morgan fingerprint density at radius 1 is 1.03 bits per heavy atom. The normalized spacial score (nSPS) is 15.7. The van der Waals surface area contributed by atoms with Crippen LogP contribution in [0.1, 0.15) is 76.3 Å². The summed E-state index contributed by atoms with van der Waals surface area (Å²) in [4.78, 5) is 27.0. The van der Waals surface area contributed by atoms with Crippen molar-refractivity contribution in [1.29, 1.82) is 0 Å². The number of allylic oxidation sites excluding steroid dienone is 1. The van der Waals surface area contributed by atoms with Crippen molar-refractivity contribution >= 4 is 11.8 Å². The van der Waals surface area contributed by atoms with Crippen molar-refractivity contribution in [3.63, 3.8) is 0 Å². The highest BCUT2D eigenvalue weighted by Crippen LogP contribution is 2.40. The van der Waals surface area contributed by atoms with Gasteiger partial charge in [-0.15, -0.1) is 0 Å². The minimum atomic E-state index is -0.201. The molecule has 1 atom stereocenters. The van der Waals surface area contributed by atoms with Crippen LogP contribution >= 0.6 is 0 Å². The Morgan fingerprint density at radius 2 is 1.81 bits per heavy atom. The molecule has 1 aromatic carbocycles. The molecule has 2 aliphatic carbocycles. The van der Waals surface area contributed by atoms with E-state index in [-0.39, 0.29) is 30.7 Å². The fraction of sp³-hybridized carbons (Fsp3) is 0.655. The highest BCUT2D eigenvalue weighted by molar-refractivity contribution is 5.85. The summed E-state index contributed by atoms with van der Waals surface area (Å²) in [5, 5.41) is 9.40. The molecule has 2 fully saturated rings. The van der Waals surface area contributed by atoms with E-state index in [1.165, 1.54) is 36.6 Å². The first kappa shape index (κ1) is 28.2. The molecule has 3 rings (SSSR count). The Labute approximate surface area is 216 Å². The molecule has 6 nitrogen and oxygen atoms in total. The lowest BCUT2D eigenvalue weighted by molar-refractivity contribution is -0.126. The molecule has 0 aliphatic heterocycles. The van der Waals surface area contributed by atoms with Crippen LogP contribution < -0.4 is 16.0 Å². The molecule has 2 aliphatic rings. The third-order valence-corrected chi connectivity index (χ3v) is 7.19. The summed E-state index contributed by atoms with van der Waals surface area (Å²) in [6.07, 6.45) is 10.5. The van der Waals surface area contributed by atoms with Crippen molar-refractivity contribution in [2.75, 3.05) is 33.2 Å². The SMILES string of the molecule is CCCNC(C(=C1CCC1)N(C)CC(=O)NCC(=O)NCCCc1ccc(F)cc1CCC)C1CC1. The van der Waals surface area contributed by atoms with Gasteiger partial charge in [0, 0.05) is 25.3 Å². The first-order valence-corrected chi connectivity index (χ1v) is 13.9. The van der Waals surface area contributed by atoms with Crippen molar-refractivity contribution in [3.8, 4) is 0 Å². The van der Waals surface area contributed by atoms with Crippen LogP contribution in [0.3, 0.4) is 0 Å². The van der Waals surface area contributed by atoms with E-state index in [2.05, 4.69) is 34.7 Å². The fourth-order valence-corrected chi connectivity index (χ4v) is 5.00. The van der Waals surface area contributed by atoms with Crippen molar-refractivity contribution in [3.05, 3.63) is 46.4 Å². The highest BCUT2D eigenvalue weighted by atomic mass is 19.1. The molecule has 0 bridgehead atoms. The second-order valence-electron chi connectivity index (χ2n) is 10.4. The number of nitrogens with zero attached hydrogens (tertiary/aromatic N) is 1. The number of aryl methyl sites for hydroxylation is 2. The second-order valence-corrected chi connectivity index (χ2v) is 10.4. The largest absolute Gasteiger partial charge is 0.367 e. The average Bonchev–Trinajstić information content (AvgIpc) is 3.65. The molecule has 0 saturated heterocycles. The van der Waals surface area contributed by atoms with Crippen LogP contribution in [-0.2, 0) is 22.4 Å². The van der Waals surface area contributed by atoms with Gasteiger partial charge in [0.2, 0.25) is 11.8 Å². The van der Waals surface area contributed by atoms with E-state index < -0.39 is 0 Å². The van der Waals surface area contributed by atoms with Crippen molar-refractivity contribution in [1.82, 2.24) is 20.9 Å². The van der Waals surface area contributed by atoms with Crippen molar-refractivity contribution in [2.24, 2.45) is 5.92 Å². The van der Waals surface area contributed by atoms with E-state index in [1.54, 1.807) is 6.07 Å². The molecule has 36 heavy (non-hydrogen) atoms. The van der Waals surface area contributed by atoms with Crippen LogP contribution in [0, 0.1) is 11.7 Å². The predicted molar refractivity (Wildman–Crippen MR) is 143 cm³/mol. The number of hydrogen-bond acceptors (Lipinski definition) is 4. The zero-order valence-corrected chi connectivity index (χ0v) is 22.4. The van der Waals surface area contributed by atoms with Gasteiger partial charge in [0.25, 0.3) is 0 Å². The molecule has 0 radical (unpaired) electrons. The molecule has 1 unspecified atom stereocenters. The Kier molecular flexibility index (Phi) is 11.2. The molecule has 0 heterocycles. The number of nitrogens with one attached hydrogen (secondary N) is 3. The van der Waals surface area contributed by atoms with Gasteiger partial charge in [-0.2, -0.15) is 0 Å². The summed E-state index contributed by atoms with van der Waals surface area (Å²) in [6, 6.07) is 5.29. The third-order valence-electron chi connectivity index (χ3n) is 7.19. The van der Waals surface area contributed by atoms with Gasteiger partial charge in [-0.05, 0) is 99.1 Å². The number of benzene rings is 1. The van der Waals surface area contributed by atoms with E-state index in [4.69, 9.17) is 0 Å². The van der Waals surface area contributed by atoms with E-state index in [0.717, 1.165) is 62.6 Å². The molecule has 7 heteroatoms. The molecular weight excluding hydrogens is 455 g/mol. The molecule has 3 N–H and O–H groups in total. The minimum absolute atomic E-state index is 0.0175. The second kappa shape index (κ2) is 14.4. The van der Waals surface area contributed by atoms with E-state index in [0.29, 0.717) is 18.5 Å². The van der Waals surface area contributed by atoms with Crippen LogP contribution in [0.5, 0.6) is 0 Å². The smallest absolute Gasteiger partial charge is 0.239 e. The molecule has 0 spiro atoms. The number of amides is 2. The van der Waals surface area contributed by atoms with Gasteiger partial charge in [-0.1, -0.05) is 26.3 Å². The van der Waals surface area contributed by atoms with Crippen molar-refractivity contribution in [2.45, 2.75) is 84.1 Å². The third kappa shape index (κ3) is 8.61. The lowest BCUT2D eigenvalue weighted by Crippen LogP contribution is -2.45. The first-order valence-electron chi connectivity index (χ1n) is 13.9. The summed E-state index contributed by atoms with van der Waals surface area (Å²) in [5.74, 6) is 0.152. The number of halogens is 1. The van der Waals surface area contributed by atoms with Gasteiger partial charge in [0.05, 0.1) is 13.1 Å². The van der Waals surface area contributed by atoms with Gasteiger partial charge in [-0.3, -0.25) is 9.59 Å². The molecule has 0 aromatic heterocycles. The first-order chi connectivity index (χ1) is 17.4. The number of likely N-dealkylation sites (N-methyl/N-ethyl adjacent to an activating group) is 1. The summed E-state index contributed by atoms with van der Waals surface area (Å²) >= 11 is 0. The van der Waals surface area contributed by atoms with Gasteiger partial charge < -0.3 is 20.9 Å². The maximum absolute atomic E-state index is 13.5. The predicted octanol–water partition coefficient (Wildman–Crippen LogP) is 4.09. The van der Waals surface area contributed by atoms with Crippen LogP contribution in [0.4, 0.5) is 4.39 Å². The van der Waals surface area contributed by atoms with E-state index >= 15 is 0 Å². The standard InChI is InChI=1S/C29H45FN4O2/c1-4-8-24-18-25(30)15-14-21(24)11-7-17-31-26(35)19-33-27(36)20-34(3)29(23-9-6-10-23)28(22-12-13-22)32-16-5-2/h14-15,18,22,28,32H,4-13,16-17,19-20H2,1-3H3,(H,31,35)(H,33,36). The molecule has 200 valence electrons. The molecule has 1 aromatic rings. The lowest BCUT2D eigenvalue weighted by atomic mass is 9.86. The van der Waals surface area contributed by atoms with E-state index in [9.17, 15) is 14.0 Å². The quantitative estimate of drug-likeness (QED) is 0.299. The molecule has 2 amide bonds. The van der Waals surface area contributed by atoms with Crippen LogP contribution in [0.15, 0.2) is 29.5 Å². The summed E-state index contributed by atoms with van der Waals surface area (Å²) in [7, 11) is 2.01. The maximum atomic E-state index is 13.5. The number of rotatable bonds is 16. The molecular formula is C29H45FN4O2. The lowest BCUT2D eigenvalue weighted by Gasteiger charge is -2.35. The van der Waals surface area contributed by atoms with E-state index in [1.807, 2.05) is 13.1 Å². The summed E-state index contributed by atoms with van der Waals surface area (Å²) < 4.78 is 13.5. The van der Waals surface area contributed by atoms with Crippen LogP contribution in [0.2, 0.25) is 0 Å². The highest BCUT2D eigenvalue weighted by Gasteiger charge is 2.37. The van der Waals surface area contributed by atoms with Crippen LogP contribution in [-0.4, -0.2) is 56.0 Å². The Hall–Kier alpha value is -2.41. The fourth-order valence-electron chi connectivity index (χ4n) is 5.00. The number of carbonyl (C=O) groups is 2. The maximum Gasteiger partial charge on any atom is 0.239 e. The minimum Gasteiger partial charge on any atom is -0.367 e. The summed E-state index contributed by atoms with van der Waals surface area (Å²) in [5.41, 5.74) is 4.97. The van der Waals surface area contributed by atoms with Crippen molar-refractivity contribution < 1.29 is 14.0 Å². The van der Waals surface area contributed by atoms with Gasteiger partial charge in [0.1, 0.15) is 5.82 Å². The Balaban J connectivity index is 1.40. The van der Waals surface area contributed by atoms with Gasteiger partial charge in [0.15, 0.2) is 0 Å². The molecule has 2 saturated carbocycles. The summed E-state index contributed by atoms with van der Waals surface area (Å²) in [6.45, 7) is 6.02. The number of carbonyl (C=O) groups excluding carboxylic acids is 2. The monoisotopic (exact) mass is 500 g/mol. The zero-order chi connectivity index (χ0) is 25.9. The average molecular weight is 501 g/mol. The van der Waals surface area contributed by atoms with Gasteiger partial charge >= 0.3 is 0 Å². The van der Waals surface area contributed by atoms with Crippen LogP contribution in [0.25, 0.3) is 0 Å². The Morgan fingerprint density at radius 3 is 2.44 bits per heavy atom. The van der Waals surface area contributed by atoms with Gasteiger partial charge in [-0.25, -0.2) is 4.39 Å². The zero-order valence-electron chi connectivity index (χ0n) is 22.4.